The molecule has 0 aliphatic carbocycles. The Morgan fingerprint density at radius 2 is 2.30 bits per heavy atom. The largest absolute Gasteiger partial charge is 0.496 e. The summed E-state index contributed by atoms with van der Waals surface area (Å²) in [6.07, 6.45) is 4.04. The summed E-state index contributed by atoms with van der Waals surface area (Å²) in [4.78, 5) is 22.7. The van der Waals surface area contributed by atoms with Crippen LogP contribution in [0.25, 0.3) is 6.08 Å². The third-order valence-electron chi connectivity index (χ3n) is 4.23. The van der Waals surface area contributed by atoms with Crippen molar-refractivity contribution in [3.05, 3.63) is 28.8 Å². The molecule has 3 rings (SSSR count). The van der Waals surface area contributed by atoms with E-state index >= 15 is 0 Å². The average Bonchev–Trinajstić information content (AvgIpc) is 2.92. The molecule has 2 heterocycles. The predicted octanol–water partition coefficient (Wildman–Crippen LogP) is 2.64. The first kappa shape index (κ1) is 15.4. The molecule has 23 heavy (non-hydrogen) atoms. The number of carbonyl (C=O) groups is 2. The Bertz CT molecular complexity index is 691. The third kappa shape index (κ3) is 2.76. The minimum Gasteiger partial charge on any atom is -0.496 e. The summed E-state index contributed by atoms with van der Waals surface area (Å²) in [6, 6.07) is 1.79. The van der Waals surface area contributed by atoms with E-state index < -0.39 is 11.9 Å². The quantitative estimate of drug-likeness (QED) is 0.841. The number of carboxylic acid groups (broad SMARTS) is 1. The Labute approximate surface area is 133 Å². The molecular weight excluding hydrogens is 300 g/mol. The molecule has 6 nitrogen and oxygen atoms in total. The van der Waals surface area contributed by atoms with Crippen LogP contribution in [0.5, 0.6) is 11.5 Å². The van der Waals surface area contributed by atoms with Gasteiger partial charge in [0.1, 0.15) is 29.8 Å². The summed E-state index contributed by atoms with van der Waals surface area (Å²) in [6.45, 7) is 2.14. The van der Waals surface area contributed by atoms with Crippen LogP contribution < -0.4 is 9.47 Å². The first-order chi connectivity index (χ1) is 11.0. The molecule has 2 unspecified atom stereocenters. The van der Waals surface area contributed by atoms with Crippen LogP contribution in [0.2, 0.25) is 0 Å². The number of methoxy groups -OCH3 is 1. The van der Waals surface area contributed by atoms with Gasteiger partial charge in [-0.15, -0.1) is 0 Å². The van der Waals surface area contributed by atoms with Crippen molar-refractivity contribution in [2.24, 2.45) is 5.92 Å². The number of hydrogen-bond acceptors (Lipinski definition) is 5. The zero-order valence-corrected chi connectivity index (χ0v) is 13.0. The van der Waals surface area contributed by atoms with Gasteiger partial charge in [-0.1, -0.05) is 6.92 Å². The molecule has 6 heteroatoms. The van der Waals surface area contributed by atoms with Crippen molar-refractivity contribution >= 4 is 18.0 Å². The highest BCUT2D eigenvalue weighted by Gasteiger charge is 2.33. The topological polar surface area (TPSA) is 82.1 Å². The maximum absolute atomic E-state index is 12.0. The van der Waals surface area contributed by atoms with E-state index in [0.29, 0.717) is 29.0 Å². The monoisotopic (exact) mass is 318 g/mol. The fourth-order valence-corrected chi connectivity index (χ4v) is 2.89. The number of esters is 1. The molecule has 1 aromatic rings. The van der Waals surface area contributed by atoms with E-state index in [2.05, 4.69) is 0 Å². The third-order valence-corrected chi connectivity index (χ3v) is 4.23. The molecular formula is C17H18O6. The predicted molar refractivity (Wildman–Crippen MR) is 81.6 cm³/mol. The standard InChI is InChI=1S/C17H18O6/c1-9(3-6-14(18)19)12-5-4-11-13(21-2)7-10-8-22-17(20)15(10)16(11)23-12/h4-5,7,9,12H,3,6,8H2,1-2H3,(H,18,19). The lowest BCUT2D eigenvalue weighted by Gasteiger charge is -2.28. The van der Waals surface area contributed by atoms with Crippen LogP contribution >= 0.6 is 0 Å². The van der Waals surface area contributed by atoms with Gasteiger partial charge in [0.05, 0.1) is 12.7 Å². The molecule has 0 aromatic heterocycles. The average molecular weight is 318 g/mol. The number of rotatable bonds is 5. The summed E-state index contributed by atoms with van der Waals surface area (Å²) < 4.78 is 16.5. The second-order valence-corrected chi connectivity index (χ2v) is 5.78. The lowest BCUT2D eigenvalue weighted by molar-refractivity contribution is -0.137. The molecule has 0 amide bonds. The molecule has 2 aliphatic heterocycles. The van der Waals surface area contributed by atoms with Gasteiger partial charge >= 0.3 is 11.9 Å². The van der Waals surface area contributed by atoms with Gasteiger partial charge in [0, 0.05) is 12.0 Å². The van der Waals surface area contributed by atoms with E-state index in [-0.39, 0.29) is 25.0 Å². The van der Waals surface area contributed by atoms with Crippen molar-refractivity contribution in [2.75, 3.05) is 7.11 Å². The number of carbonyl (C=O) groups excluding carboxylic acids is 1. The number of cyclic esters (lactones) is 1. The van der Waals surface area contributed by atoms with E-state index in [0.717, 1.165) is 5.56 Å². The molecule has 122 valence electrons. The molecule has 2 aliphatic rings. The Morgan fingerprint density at radius 3 is 3.00 bits per heavy atom. The van der Waals surface area contributed by atoms with Crippen molar-refractivity contribution < 1.29 is 28.9 Å². The summed E-state index contributed by atoms with van der Waals surface area (Å²) >= 11 is 0. The summed E-state index contributed by atoms with van der Waals surface area (Å²) in [5, 5.41) is 8.81. The van der Waals surface area contributed by atoms with Crippen LogP contribution in [0.4, 0.5) is 0 Å². The Balaban J connectivity index is 1.92. The Hall–Kier alpha value is -2.50. The number of carboxylic acids is 1. The molecule has 0 saturated carbocycles. The second-order valence-electron chi connectivity index (χ2n) is 5.78. The summed E-state index contributed by atoms with van der Waals surface area (Å²) in [7, 11) is 1.56. The molecule has 1 N–H and O–H groups in total. The zero-order chi connectivity index (χ0) is 16.6. The van der Waals surface area contributed by atoms with Crippen LogP contribution in [0, 0.1) is 5.92 Å². The number of benzene rings is 1. The van der Waals surface area contributed by atoms with Gasteiger partial charge in [0.25, 0.3) is 0 Å². The van der Waals surface area contributed by atoms with Gasteiger partial charge in [-0.2, -0.15) is 0 Å². The van der Waals surface area contributed by atoms with E-state index in [1.165, 1.54) is 0 Å². The van der Waals surface area contributed by atoms with E-state index in [1.54, 1.807) is 13.2 Å². The highest BCUT2D eigenvalue weighted by atomic mass is 16.5. The maximum Gasteiger partial charge on any atom is 0.342 e. The van der Waals surface area contributed by atoms with E-state index in [9.17, 15) is 9.59 Å². The van der Waals surface area contributed by atoms with Crippen molar-refractivity contribution in [3.63, 3.8) is 0 Å². The minimum atomic E-state index is -0.830. The number of aliphatic carboxylic acids is 1. The van der Waals surface area contributed by atoms with Crippen molar-refractivity contribution in [1.29, 1.82) is 0 Å². The molecule has 1 aromatic carbocycles. The highest BCUT2D eigenvalue weighted by molar-refractivity contribution is 5.98. The van der Waals surface area contributed by atoms with Crippen molar-refractivity contribution in [1.82, 2.24) is 0 Å². The van der Waals surface area contributed by atoms with Crippen molar-refractivity contribution in [3.8, 4) is 11.5 Å². The smallest absolute Gasteiger partial charge is 0.342 e. The molecule has 0 bridgehead atoms. The lowest BCUT2D eigenvalue weighted by Crippen LogP contribution is -2.26. The molecule has 0 radical (unpaired) electrons. The van der Waals surface area contributed by atoms with Gasteiger partial charge in [-0.25, -0.2) is 4.79 Å². The highest BCUT2D eigenvalue weighted by Crippen LogP contribution is 2.43. The number of ether oxygens (including phenoxy) is 3. The fourth-order valence-electron chi connectivity index (χ4n) is 2.89. The van der Waals surface area contributed by atoms with Crippen molar-refractivity contribution in [2.45, 2.75) is 32.5 Å². The zero-order valence-electron chi connectivity index (χ0n) is 13.0. The minimum absolute atomic E-state index is 0.00905. The molecule has 0 fully saturated rings. The van der Waals surface area contributed by atoms with Crippen LogP contribution in [0.3, 0.4) is 0 Å². The second kappa shape index (κ2) is 5.95. The Kier molecular flexibility index (Phi) is 3.98. The van der Waals surface area contributed by atoms with Crippen LogP contribution in [-0.4, -0.2) is 30.3 Å². The van der Waals surface area contributed by atoms with Gasteiger partial charge in [0.15, 0.2) is 0 Å². The molecule has 2 atom stereocenters. The molecule has 0 saturated heterocycles. The van der Waals surface area contributed by atoms with Crippen LogP contribution in [0.15, 0.2) is 12.1 Å². The first-order valence-corrected chi connectivity index (χ1v) is 7.49. The van der Waals surface area contributed by atoms with Gasteiger partial charge < -0.3 is 19.3 Å². The SMILES string of the molecule is COc1cc2c(c3c1C=CC(C(C)CCC(=O)O)O3)C(=O)OC2. The summed E-state index contributed by atoms with van der Waals surface area (Å²) in [5.74, 6) is -0.120. The van der Waals surface area contributed by atoms with Crippen LogP contribution in [0.1, 0.15) is 41.3 Å². The van der Waals surface area contributed by atoms with E-state index in [1.807, 2.05) is 19.1 Å². The number of hydrogen-bond donors (Lipinski definition) is 1. The summed E-state index contributed by atoms with van der Waals surface area (Å²) in [5.41, 5.74) is 1.91. The van der Waals surface area contributed by atoms with E-state index in [4.69, 9.17) is 19.3 Å². The van der Waals surface area contributed by atoms with Gasteiger partial charge in [0.2, 0.25) is 0 Å². The van der Waals surface area contributed by atoms with Gasteiger partial charge in [-0.05, 0) is 30.6 Å². The molecule has 0 spiro atoms. The normalized spacial score (nSPS) is 19.4. The fraction of sp³-hybridized carbons (Fsp3) is 0.412. The van der Waals surface area contributed by atoms with Crippen LogP contribution in [-0.2, 0) is 16.1 Å². The number of fused-ring (bicyclic) bond motifs is 3. The lowest BCUT2D eigenvalue weighted by atomic mass is 9.94. The maximum atomic E-state index is 12.0. The first-order valence-electron chi connectivity index (χ1n) is 7.49. The Morgan fingerprint density at radius 1 is 1.52 bits per heavy atom. The van der Waals surface area contributed by atoms with Gasteiger partial charge in [-0.3, -0.25) is 4.79 Å².